The molecule has 2 heterocycles. The number of nitrogens with zero attached hydrogens (tertiary/aromatic N) is 3. The van der Waals surface area contributed by atoms with Crippen molar-refractivity contribution >= 4 is 28.4 Å². The average molecular weight is 419 g/mol. The molecule has 2 aromatic heterocycles. The predicted octanol–water partition coefficient (Wildman–Crippen LogP) is 5.31. The molecular weight excluding hydrogens is 396 g/mol. The van der Waals surface area contributed by atoms with Crippen molar-refractivity contribution in [3.05, 3.63) is 88.8 Å². The van der Waals surface area contributed by atoms with E-state index in [4.69, 9.17) is 11.6 Å². The van der Waals surface area contributed by atoms with Crippen molar-refractivity contribution in [2.45, 2.75) is 26.2 Å². The first-order valence-corrected chi connectivity index (χ1v) is 10.4. The van der Waals surface area contributed by atoms with E-state index < -0.39 is 0 Å². The number of fused-ring (bicyclic) bond motifs is 1. The summed E-state index contributed by atoms with van der Waals surface area (Å²) in [7, 11) is 0. The molecule has 5 nitrogen and oxygen atoms in total. The van der Waals surface area contributed by atoms with E-state index in [1.165, 1.54) is 11.1 Å². The molecule has 0 aliphatic rings. The van der Waals surface area contributed by atoms with Crippen LogP contribution in [-0.2, 0) is 0 Å². The zero-order valence-corrected chi connectivity index (χ0v) is 17.7. The fraction of sp³-hybridized carbons (Fsp3) is 0.208. The molecule has 2 aromatic carbocycles. The molecule has 0 saturated carbocycles. The molecule has 0 spiro atoms. The van der Waals surface area contributed by atoms with Crippen LogP contribution in [0, 0.1) is 6.92 Å². The van der Waals surface area contributed by atoms with Gasteiger partial charge >= 0.3 is 0 Å². The minimum absolute atomic E-state index is 0.159. The minimum Gasteiger partial charge on any atom is -0.351 e. The van der Waals surface area contributed by atoms with Gasteiger partial charge in [0.2, 0.25) is 5.95 Å². The van der Waals surface area contributed by atoms with Crippen LogP contribution in [-0.4, -0.2) is 27.0 Å². The number of nitrogens with one attached hydrogen (secondary N) is 1. The lowest BCUT2D eigenvalue weighted by atomic mass is 9.95. The molecule has 4 rings (SSSR count). The highest BCUT2D eigenvalue weighted by Gasteiger charge is 2.20. The molecule has 4 aromatic rings. The summed E-state index contributed by atoms with van der Waals surface area (Å²) in [4.78, 5) is 21.8. The van der Waals surface area contributed by atoms with Crippen LogP contribution in [0.4, 0.5) is 0 Å². The highest BCUT2D eigenvalue weighted by molar-refractivity contribution is 6.37. The van der Waals surface area contributed by atoms with Gasteiger partial charge in [0.15, 0.2) is 0 Å². The second-order valence-corrected chi connectivity index (χ2v) is 7.73. The second kappa shape index (κ2) is 8.67. The van der Waals surface area contributed by atoms with Crippen LogP contribution in [0.3, 0.4) is 0 Å². The Morgan fingerprint density at radius 3 is 2.53 bits per heavy atom. The van der Waals surface area contributed by atoms with Crippen LogP contribution in [0.5, 0.6) is 0 Å². The van der Waals surface area contributed by atoms with E-state index >= 15 is 0 Å². The minimum atomic E-state index is -0.159. The van der Waals surface area contributed by atoms with E-state index in [9.17, 15) is 4.79 Å². The molecule has 1 amide bonds. The summed E-state index contributed by atoms with van der Waals surface area (Å²) in [5, 5.41) is 4.32. The van der Waals surface area contributed by atoms with Gasteiger partial charge in [0.1, 0.15) is 0 Å². The van der Waals surface area contributed by atoms with Crippen LogP contribution in [0.2, 0.25) is 5.02 Å². The molecule has 1 N–H and O–H groups in total. The van der Waals surface area contributed by atoms with E-state index in [2.05, 4.69) is 53.4 Å². The van der Waals surface area contributed by atoms with E-state index in [1.54, 1.807) is 35.3 Å². The Hall–Kier alpha value is -3.18. The lowest BCUT2D eigenvalue weighted by molar-refractivity contribution is 0.0952. The maximum atomic E-state index is 13.1. The first-order valence-electron chi connectivity index (χ1n) is 10.00. The Balaban J connectivity index is 1.64. The standard InChI is InChI=1S/C24H23ClN4O/c1-3-17(18-10-8-16(2)9-11-18)14-28-23(30)19-15-29(24-26-12-5-13-27-24)21-7-4-6-20(25)22(19)21/h4-13,15,17H,3,14H2,1-2H3,(H,28,30). The highest BCUT2D eigenvalue weighted by Crippen LogP contribution is 2.30. The summed E-state index contributed by atoms with van der Waals surface area (Å²) < 4.78 is 1.80. The molecule has 0 aliphatic carbocycles. The molecule has 1 atom stereocenters. The number of hydrogen-bond acceptors (Lipinski definition) is 3. The smallest absolute Gasteiger partial charge is 0.253 e. The van der Waals surface area contributed by atoms with Gasteiger partial charge in [0.25, 0.3) is 5.91 Å². The van der Waals surface area contributed by atoms with E-state index in [0.29, 0.717) is 28.5 Å². The lowest BCUT2D eigenvalue weighted by Gasteiger charge is -2.16. The summed E-state index contributed by atoms with van der Waals surface area (Å²) in [6, 6.07) is 15.8. The van der Waals surface area contributed by atoms with Crippen molar-refractivity contribution in [3.8, 4) is 5.95 Å². The third kappa shape index (κ3) is 3.94. The number of halogens is 1. The normalized spacial score (nSPS) is 12.1. The number of carbonyl (C=O) groups is 1. The molecule has 30 heavy (non-hydrogen) atoms. The Morgan fingerprint density at radius 2 is 1.83 bits per heavy atom. The Kier molecular flexibility index (Phi) is 5.81. The van der Waals surface area contributed by atoms with Crippen molar-refractivity contribution < 1.29 is 4.79 Å². The Morgan fingerprint density at radius 1 is 1.10 bits per heavy atom. The Labute approximate surface area is 180 Å². The van der Waals surface area contributed by atoms with Crippen LogP contribution in [0.25, 0.3) is 16.9 Å². The molecular formula is C24H23ClN4O. The third-order valence-electron chi connectivity index (χ3n) is 5.34. The van der Waals surface area contributed by atoms with Gasteiger partial charge in [-0.25, -0.2) is 9.97 Å². The van der Waals surface area contributed by atoms with Crippen molar-refractivity contribution in [3.63, 3.8) is 0 Å². The maximum Gasteiger partial charge on any atom is 0.253 e. The van der Waals surface area contributed by atoms with Crippen LogP contribution >= 0.6 is 11.6 Å². The molecule has 0 bridgehead atoms. The topological polar surface area (TPSA) is 59.8 Å². The predicted molar refractivity (Wildman–Crippen MR) is 120 cm³/mol. The van der Waals surface area contributed by atoms with E-state index in [-0.39, 0.29) is 11.8 Å². The summed E-state index contributed by atoms with van der Waals surface area (Å²) in [5.41, 5.74) is 3.76. The van der Waals surface area contributed by atoms with Gasteiger partial charge in [-0.15, -0.1) is 0 Å². The molecule has 0 saturated heterocycles. The molecule has 1 unspecified atom stereocenters. The second-order valence-electron chi connectivity index (χ2n) is 7.32. The van der Waals surface area contributed by atoms with Crippen LogP contribution < -0.4 is 5.32 Å². The average Bonchev–Trinajstić information content (AvgIpc) is 3.17. The number of hydrogen-bond donors (Lipinski definition) is 1. The number of aromatic nitrogens is 3. The molecule has 0 radical (unpaired) electrons. The largest absolute Gasteiger partial charge is 0.351 e. The number of amides is 1. The van der Waals surface area contributed by atoms with Gasteiger partial charge in [-0.3, -0.25) is 9.36 Å². The quantitative estimate of drug-likeness (QED) is 0.461. The summed E-state index contributed by atoms with van der Waals surface area (Å²) >= 11 is 6.47. The molecule has 152 valence electrons. The fourth-order valence-corrected chi connectivity index (χ4v) is 3.92. The van der Waals surface area contributed by atoms with Gasteiger partial charge in [0.05, 0.1) is 16.1 Å². The molecule has 0 aliphatic heterocycles. The number of rotatable bonds is 6. The lowest BCUT2D eigenvalue weighted by Crippen LogP contribution is -2.28. The Bertz CT molecular complexity index is 1170. The van der Waals surface area contributed by atoms with Gasteiger partial charge in [-0.2, -0.15) is 0 Å². The first-order chi connectivity index (χ1) is 14.6. The number of carbonyl (C=O) groups excluding carboxylic acids is 1. The van der Waals surface area contributed by atoms with Crippen LogP contribution in [0.1, 0.15) is 40.7 Å². The SMILES string of the molecule is CCC(CNC(=O)c1cn(-c2ncccn2)c2cccc(Cl)c12)c1ccc(C)cc1. The fourth-order valence-electron chi connectivity index (χ4n) is 3.64. The van der Waals surface area contributed by atoms with Gasteiger partial charge in [0, 0.05) is 36.4 Å². The van der Waals surface area contributed by atoms with Crippen molar-refractivity contribution in [1.29, 1.82) is 0 Å². The van der Waals surface area contributed by atoms with Gasteiger partial charge in [-0.1, -0.05) is 54.4 Å². The van der Waals surface area contributed by atoms with Crippen molar-refractivity contribution in [2.75, 3.05) is 6.54 Å². The van der Waals surface area contributed by atoms with Crippen molar-refractivity contribution in [1.82, 2.24) is 19.9 Å². The zero-order chi connectivity index (χ0) is 21.1. The van der Waals surface area contributed by atoms with Gasteiger partial charge in [-0.05, 0) is 37.1 Å². The monoisotopic (exact) mass is 418 g/mol. The first kappa shape index (κ1) is 20.1. The van der Waals surface area contributed by atoms with Gasteiger partial charge < -0.3 is 5.32 Å². The third-order valence-corrected chi connectivity index (χ3v) is 5.66. The van der Waals surface area contributed by atoms with Crippen molar-refractivity contribution in [2.24, 2.45) is 0 Å². The number of benzene rings is 2. The number of aryl methyl sites for hydroxylation is 1. The molecule has 6 heteroatoms. The summed E-state index contributed by atoms with van der Waals surface area (Å²) in [6.07, 6.45) is 6.04. The van der Waals surface area contributed by atoms with E-state index in [0.717, 1.165) is 11.9 Å². The van der Waals surface area contributed by atoms with E-state index in [1.807, 2.05) is 12.1 Å². The van der Waals surface area contributed by atoms with Crippen LogP contribution in [0.15, 0.2) is 67.1 Å². The summed E-state index contributed by atoms with van der Waals surface area (Å²) in [5.74, 6) is 0.582. The molecule has 0 fully saturated rings. The highest BCUT2D eigenvalue weighted by atomic mass is 35.5. The zero-order valence-electron chi connectivity index (χ0n) is 17.0. The summed E-state index contributed by atoms with van der Waals surface area (Å²) in [6.45, 7) is 4.76. The maximum absolute atomic E-state index is 13.1.